The molecule has 180 valence electrons. The Morgan fingerprint density at radius 1 is 0.971 bits per heavy atom. The van der Waals surface area contributed by atoms with E-state index >= 15 is 0 Å². The quantitative estimate of drug-likeness (QED) is 0.480. The van der Waals surface area contributed by atoms with E-state index in [1.165, 1.54) is 5.56 Å². The molecule has 0 fully saturated rings. The second kappa shape index (κ2) is 11.5. The molecule has 0 aliphatic carbocycles. The number of nitrogens with one attached hydrogen (secondary N) is 1. The first-order valence-electron chi connectivity index (χ1n) is 11.7. The zero-order chi connectivity index (χ0) is 25.4. The van der Waals surface area contributed by atoms with Gasteiger partial charge in [-0.15, -0.1) is 0 Å². The van der Waals surface area contributed by atoms with Gasteiger partial charge in [0.25, 0.3) is 11.8 Å². The third kappa shape index (κ3) is 7.02. The van der Waals surface area contributed by atoms with E-state index in [9.17, 15) is 9.59 Å². The number of hydrogen-bond acceptors (Lipinski definition) is 4. The fourth-order valence-electron chi connectivity index (χ4n) is 3.70. The van der Waals surface area contributed by atoms with E-state index in [1.807, 2.05) is 48.5 Å². The molecule has 0 heterocycles. The summed E-state index contributed by atoms with van der Waals surface area (Å²) in [5.74, 6) is -0.312. The molecule has 0 saturated carbocycles. The van der Waals surface area contributed by atoms with Crippen LogP contribution in [0.2, 0.25) is 0 Å². The van der Waals surface area contributed by atoms with Crippen molar-refractivity contribution >= 4 is 17.5 Å². The van der Waals surface area contributed by atoms with Crippen molar-refractivity contribution in [3.8, 4) is 6.07 Å². The third-order valence-corrected chi connectivity index (χ3v) is 5.75. The molecule has 0 aromatic heterocycles. The van der Waals surface area contributed by atoms with Crippen molar-refractivity contribution in [1.29, 1.82) is 5.26 Å². The van der Waals surface area contributed by atoms with Gasteiger partial charge < -0.3 is 16.0 Å². The standard InChI is InChI=1S/C29H32N4O2/c1-29(2,3)25-14-12-23(13-15-25)27(34)32-26-7-4-6-22(18-26)20-33(17-5-16-30)28(35)24-10-8-21(19-31)9-11-24/h4,6-15,18H,5,16-17,20,30H2,1-3H3,(H,32,34). The molecule has 3 rings (SSSR count). The van der Waals surface area contributed by atoms with Crippen molar-refractivity contribution in [3.63, 3.8) is 0 Å². The van der Waals surface area contributed by atoms with E-state index in [2.05, 4.69) is 32.2 Å². The summed E-state index contributed by atoms with van der Waals surface area (Å²) < 4.78 is 0. The largest absolute Gasteiger partial charge is 0.334 e. The minimum absolute atomic E-state index is 0.0221. The summed E-state index contributed by atoms with van der Waals surface area (Å²) in [6.07, 6.45) is 0.670. The third-order valence-electron chi connectivity index (χ3n) is 5.75. The predicted octanol–water partition coefficient (Wildman–Crippen LogP) is 5.10. The molecule has 0 spiro atoms. The highest BCUT2D eigenvalue weighted by atomic mass is 16.2. The molecule has 3 N–H and O–H groups in total. The predicted molar refractivity (Wildman–Crippen MR) is 139 cm³/mol. The van der Waals surface area contributed by atoms with E-state index in [4.69, 9.17) is 11.0 Å². The Bertz CT molecular complexity index is 1200. The van der Waals surface area contributed by atoms with E-state index in [-0.39, 0.29) is 17.2 Å². The zero-order valence-corrected chi connectivity index (χ0v) is 20.5. The first kappa shape index (κ1) is 25.7. The van der Waals surface area contributed by atoms with Gasteiger partial charge in [-0.3, -0.25) is 9.59 Å². The molecule has 0 saturated heterocycles. The minimum atomic E-state index is -0.184. The van der Waals surface area contributed by atoms with Crippen molar-refractivity contribution in [2.24, 2.45) is 5.73 Å². The van der Waals surface area contributed by atoms with Crippen LogP contribution in [0.5, 0.6) is 0 Å². The van der Waals surface area contributed by atoms with Gasteiger partial charge in [0.2, 0.25) is 0 Å². The summed E-state index contributed by atoms with van der Waals surface area (Å²) in [6, 6.07) is 23.8. The van der Waals surface area contributed by atoms with Crippen molar-refractivity contribution in [2.45, 2.75) is 39.2 Å². The van der Waals surface area contributed by atoms with Gasteiger partial charge in [-0.2, -0.15) is 5.26 Å². The number of hydrogen-bond donors (Lipinski definition) is 2. The lowest BCUT2D eigenvalue weighted by Gasteiger charge is -2.23. The normalized spacial score (nSPS) is 10.9. The zero-order valence-electron chi connectivity index (χ0n) is 20.5. The number of carbonyl (C=O) groups excluding carboxylic acids is 2. The number of rotatable bonds is 8. The van der Waals surface area contributed by atoms with Gasteiger partial charge >= 0.3 is 0 Å². The molecule has 0 bridgehead atoms. The average Bonchev–Trinajstić information content (AvgIpc) is 2.86. The Hall–Kier alpha value is -3.95. The lowest BCUT2D eigenvalue weighted by Crippen LogP contribution is -2.32. The molecule has 35 heavy (non-hydrogen) atoms. The Kier molecular flexibility index (Phi) is 8.40. The van der Waals surface area contributed by atoms with Gasteiger partial charge in [0, 0.05) is 29.9 Å². The number of nitriles is 1. The maximum absolute atomic E-state index is 13.1. The fourth-order valence-corrected chi connectivity index (χ4v) is 3.70. The van der Waals surface area contributed by atoms with Crippen molar-refractivity contribution in [1.82, 2.24) is 4.90 Å². The van der Waals surface area contributed by atoms with Crippen molar-refractivity contribution in [2.75, 3.05) is 18.4 Å². The Labute approximate surface area is 207 Å². The van der Waals surface area contributed by atoms with Crippen LogP contribution in [0.4, 0.5) is 5.69 Å². The fraction of sp³-hybridized carbons (Fsp3) is 0.276. The maximum Gasteiger partial charge on any atom is 0.255 e. The molecule has 3 aromatic rings. The van der Waals surface area contributed by atoms with E-state index < -0.39 is 0 Å². The molecule has 3 aromatic carbocycles. The molecule has 0 aliphatic heterocycles. The number of amides is 2. The van der Waals surface area contributed by atoms with Gasteiger partial charge in [-0.1, -0.05) is 45.0 Å². The number of carbonyl (C=O) groups is 2. The highest BCUT2D eigenvalue weighted by molar-refractivity contribution is 6.04. The summed E-state index contributed by atoms with van der Waals surface area (Å²) in [6.45, 7) is 7.76. The monoisotopic (exact) mass is 468 g/mol. The summed E-state index contributed by atoms with van der Waals surface area (Å²) in [5, 5.41) is 12.0. The Morgan fingerprint density at radius 2 is 1.63 bits per heavy atom. The van der Waals surface area contributed by atoms with Gasteiger partial charge in [-0.05, 0) is 78.0 Å². The molecule has 0 unspecified atom stereocenters. The van der Waals surface area contributed by atoms with E-state index in [1.54, 1.807) is 29.2 Å². The molecule has 0 aliphatic rings. The van der Waals surface area contributed by atoms with Crippen LogP contribution in [-0.4, -0.2) is 29.8 Å². The van der Waals surface area contributed by atoms with Crippen LogP contribution in [0, 0.1) is 11.3 Å². The van der Waals surface area contributed by atoms with Crippen LogP contribution in [0.15, 0.2) is 72.8 Å². The molecular weight excluding hydrogens is 436 g/mol. The highest BCUT2D eigenvalue weighted by Gasteiger charge is 2.17. The summed E-state index contributed by atoms with van der Waals surface area (Å²) in [4.78, 5) is 27.7. The summed E-state index contributed by atoms with van der Waals surface area (Å²) >= 11 is 0. The number of nitrogens with zero attached hydrogens (tertiary/aromatic N) is 2. The van der Waals surface area contributed by atoms with Gasteiger partial charge in [0.1, 0.15) is 0 Å². The topological polar surface area (TPSA) is 99.2 Å². The van der Waals surface area contributed by atoms with Gasteiger partial charge in [0.15, 0.2) is 0 Å². The van der Waals surface area contributed by atoms with E-state index in [0.29, 0.717) is 48.4 Å². The van der Waals surface area contributed by atoms with Crippen LogP contribution in [-0.2, 0) is 12.0 Å². The lowest BCUT2D eigenvalue weighted by atomic mass is 9.87. The van der Waals surface area contributed by atoms with Crippen LogP contribution in [0.25, 0.3) is 0 Å². The minimum Gasteiger partial charge on any atom is -0.334 e. The molecule has 6 heteroatoms. The molecule has 0 radical (unpaired) electrons. The van der Waals surface area contributed by atoms with Crippen molar-refractivity contribution < 1.29 is 9.59 Å². The molecule has 2 amide bonds. The van der Waals surface area contributed by atoms with E-state index in [0.717, 1.165) is 5.56 Å². The first-order chi connectivity index (χ1) is 16.7. The van der Waals surface area contributed by atoms with Crippen LogP contribution >= 0.6 is 0 Å². The Balaban J connectivity index is 1.73. The SMILES string of the molecule is CC(C)(C)c1ccc(C(=O)Nc2cccc(CN(CCCN)C(=O)c3ccc(C#N)cc3)c2)cc1. The smallest absolute Gasteiger partial charge is 0.255 e. The first-order valence-corrected chi connectivity index (χ1v) is 11.7. The highest BCUT2D eigenvalue weighted by Crippen LogP contribution is 2.23. The van der Waals surface area contributed by atoms with Crippen molar-refractivity contribution in [3.05, 3.63) is 101 Å². The molecule has 0 atom stereocenters. The van der Waals surface area contributed by atoms with Crippen LogP contribution in [0.3, 0.4) is 0 Å². The van der Waals surface area contributed by atoms with Gasteiger partial charge in [0.05, 0.1) is 11.6 Å². The summed E-state index contributed by atoms with van der Waals surface area (Å²) in [5.41, 5.74) is 10.1. The second-order valence-electron chi connectivity index (χ2n) is 9.54. The number of anilines is 1. The summed E-state index contributed by atoms with van der Waals surface area (Å²) in [7, 11) is 0. The lowest BCUT2D eigenvalue weighted by molar-refractivity contribution is 0.0742. The van der Waals surface area contributed by atoms with Crippen LogP contribution in [0.1, 0.15) is 64.6 Å². The van der Waals surface area contributed by atoms with Crippen LogP contribution < -0.4 is 11.1 Å². The number of benzene rings is 3. The Morgan fingerprint density at radius 3 is 2.23 bits per heavy atom. The average molecular weight is 469 g/mol. The molecular formula is C29H32N4O2. The van der Waals surface area contributed by atoms with Gasteiger partial charge in [-0.25, -0.2) is 0 Å². The maximum atomic E-state index is 13.1. The number of nitrogens with two attached hydrogens (primary N) is 1. The molecule has 6 nitrogen and oxygen atoms in total. The second-order valence-corrected chi connectivity index (χ2v) is 9.54.